The van der Waals surface area contributed by atoms with Crippen LogP contribution in [-0.2, 0) is 4.79 Å². The number of aryl methyl sites for hydroxylation is 1. The van der Waals surface area contributed by atoms with E-state index < -0.39 is 0 Å². The summed E-state index contributed by atoms with van der Waals surface area (Å²) in [6.45, 7) is 1.95. The summed E-state index contributed by atoms with van der Waals surface area (Å²) in [7, 11) is 0. The maximum Gasteiger partial charge on any atom is 2.00 e. The molecule has 0 aliphatic heterocycles. The molecule has 0 radical (unpaired) electrons. The molecular weight excluding hydrogens is 436 g/mol. The van der Waals surface area contributed by atoms with E-state index in [1.807, 2.05) is 19.1 Å². The Bertz CT molecular complexity index is 479. The number of H-pyrrole nitrogens is 1. The van der Waals surface area contributed by atoms with Crippen molar-refractivity contribution in [3.63, 3.8) is 0 Å². The first-order chi connectivity index (χ1) is 6.20. The van der Waals surface area contributed by atoms with Crippen LogP contribution in [0.15, 0.2) is 18.2 Å². The number of carbonyl (C=O) groups excluding carboxylic acids is 1. The zero-order valence-corrected chi connectivity index (χ0v) is 13.4. The topological polar surface area (TPSA) is 32.9 Å². The van der Waals surface area contributed by atoms with Crippen LogP contribution in [0, 0.1) is 45.5 Å². The average Bonchev–Trinajstić information content (AvgIpc) is 2.47. The molecule has 0 unspecified atom stereocenters. The molecule has 1 aromatic heterocycles. The van der Waals surface area contributed by atoms with Crippen LogP contribution in [0.4, 0.5) is 0 Å². The summed E-state index contributed by atoms with van der Waals surface area (Å²) >= 11 is 5.98. The largest absolute Gasteiger partial charge is 2.00 e. The fraction of sp³-hybridized carbons (Fsp3) is 0.0909. The second kappa shape index (κ2) is 5.75. The zero-order valence-electron chi connectivity index (χ0n) is 8.52. The molecule has 0 atom stereocenters. The SMILES string of the molecule is Cc1cc(Cl)c2cc([C-]=O)[nH]c2c1.[CH3-].[U+2]. The molecule has 2 aromatic rings. The number of hydrogen-bond donors (Lipinski definition) is 1. The van der Waals surface area contributed by atoms with Crippen LogP contribution in [0.25, 0.3) is 10.9 Å². The summed E-state index contributed by atoms with van der Waals surface area (Å²) in [5.74, 6) is 0. The van der Waals surface area contributed by atoms with E-state index in [9.17, 15) is 4.79 Å². The van der Waals surface area contributed by atoms with Crippen LogP contribution in [0.2, 0.25) is 5.02 Å². The van der Waals surface area contributed by atoms with Crippen LogP contribution < -0.4 is 0 Å². The van der Waals surface area contributed by atoms with Crippen molar-refractivity contribution in [2.75, 3.05) is 0 Å². The van der Waals surface area contributed by atoms with E-state index in [1.54, 1.807) is 12.4 Å². The zero-order chi connectivity index (χ0) is 9.42. The second-order valence-electron chi connectivity index (χ2n) is 2.99. The molecule has 2 rings (SSSR count). The standard InChI is InChI=1S/C10H7ClNO.CH3.U/c1-6-2-9(11)8-4-7(5-13)12-10(8)3-6;;/h2-4,12H,1H3;1H3;/q2*-1;+2. The third-order valence-electron chi connectivity index (χ3n) is 1.94. The van der Waals surface area contributed by atoms with E-state index in [0.717, 1.165) is 16.5 Å². The van der Waals surface area contributed by atoms with E-state index in [-0.39, 0.29) is 38.5 Å². The molecule has 0 aliphatic carbocycles. The van der Waals surface area contributed by atoms with Gasteiger partial charge in [0.15, 0.2) is 0 Å². The Hall–Kier alpha value is -0.228. The van der Waals surface area contributed by atoms with Gasteiger partial charge >= 0.3 is 31.1 Å². The van der Waals surface area contributed by atoms with E-state index in [4.69, 9.17) is 11.6 Å². The number of benzene rings is 1. The first kappa shape index (κ1) is 14.8. The van der Waals surface area contributed by atoms with Crippen molar-refractivity contribution >= 4 is 28.8 Å². The first-order valence-corrected chi connectivity index (χ1v) is 4.25. The molecular formula is C11H10ClNOU. The van der Waals surface area contributed by atoms with E-state index in [0.29, 0.717) is 10.7 Å². The summed E-state index contributed by atoms with van der Waals surface area (Å²) in [5.41, 5.74) is 2.38. The Labute approximate surface area is 118 Å². The van der Waals surface area contributed by atoms with Crippen molar-refractivity contribution in [3.8, 4) is 0 Å². The van der Waals surface area contributed by atoms with Crippen molar-refractivity contribution in [3.05, 3.63) is 41.9 Å². The molecule has 1 heterocycles. The number of aromatic nitrogens is 1. The van der Waals surface area contributed by atoms with E-state index >= 15 is 0 Å². The third-order valence-corrected chi connectivity index (χ3v) is 2.25. The molecule has 0 amide bonds. The van der Waals surface area contributed by atoms with Gasteiger partial charge in [-0.1, -0.05) is 22.7 Å². The maximum atomic E-state index is 10.4. The molecule has 0 saturated carbocycles. The first-order valence-electron chi connectivity index (χ1n) is 3.88. The molecule has 1 N–H and O–H groups in total. The number of aromatic amines is 1. The van der Waals surface area contributed by atoms with Crippen molar-refractivity contribution in [2.45, 2.75) is 6.92 Å². The molecule has 0 aliphatic rings. The number of hydrogen-bond acceptors (Lipinski definition) is 1. The van der Waals surface area contributed by atoms with Crippen molar-refractivity contribution in [1.29, 1.82) is 0 Å². The van der Waals surface area contributed by atoms with Crippen molar-refractivity contribution in [2.24, 2.45) is 0 Å². The second-order valence-corrected chi connectivity index (χ2v) is 3.40. The normalized spacial score (nSPS) is 9.20. The molecule has 76 valence electrons. The third kappa shape index (κ3) is 2.87. The van der Waals surface area contributed by atoms with Gasteiger partial charge in [-0.3, -0.25) is 0 Å². The fourth-order valence-electron chi connectivity index (χ4n) is 1.38. The molecule has 0 fully saturated rings. The van der Waals surface area contributed by atoms with Gasteiger partial charge in [-0.15, -0.1) is 0 Å². The number of nitrogens with one attached hydrogen (secondary N) is 1. The minimum Gasteiger partial charge on any atom is -0.417 e. The number of rotatable bonds is 1. The van der Waals surface area contributed by atoms with Crippen LogP contribution in [-0.4, -0.2) is 11.3 Å². The Kier molecular flexibility index (Phi) is 5.66. The van der Waals surface area contributed by atoms with Crippen LogP contribution >= 0.6 is 11.6 Å². The maximum absolute atomic E-state index is 10.4. The van der Waals surface area contributed by atoms with Gasteiger partial charge in [0.1, 0.15) is 0 Å². The molecule has 0 saturated heterocycles. The Morgan fingerprint density at radius 1 is 1.33 bits per heavy atom. The van der Waals surface area contributed by atoms with Crippen molar-refractivity contribution < 1.29 is 35.9 Å². The minimum absolute atomic E-state index is 0. The quantitative estimate of drug-likeness (QED) is 0.673. The Morgan fingerprint density at radius 3 is 2.60 bits per heavy atom. The molecule has 4 heteroatoms. The number of fused-ring (bicyclic) bond motifs is 1. The predicted octanol–water partition coefficient (Wildman–Crippen LogP) is 3.04. The van der Waals surface area contributed by atoms with Gasteiger partial charge in [-0.2, -0.15) is 6.07 Å². The fourth-order valence-corrected chi connectivity index (χ4v) is 1.71. The predicted molar refractivity (Wildman–Crippen MR) is 59.3 cm³/mol. The summed E-state index contributed by atoms with van der Waals surface area (Å²) in [4.78, 5) is 13.3. The average molecular weight is 446 g/mol. The number of halogens is 1. The van der Waals surface area contributed by atoms with Gasteiger partial charge < -0.3 is 17.2 Å². The Morgan fingerprint density at radius 2 is 2.00 bits per heavy atom. The van der Waals surface area contributed by atoms with Gasteiger partial charge in [-0.05, 0) is 24.6 Å². The van der Waals surface area contributed by atoms with E-state index in [1.165, 1.54) is 0 Å². The monoisotopic (exact) mass is 445 g/mol. The summed E-state index contributed by atoms with van der Waals surface area (Å²) in [6, 6.07) is 5.51. The Balaban J connectivity index is 0.000000980. The van der Waals surface area contributed by atoms with Gasteiger partial charge in [0.2, 0.25) is 0 Å². The minimum atomic E-state index is 0. The van der Waals surface area contributed by atoms with E-state index in [2.05, 4.69) is 4.98 Å². The van der Waals surface area contributed by atoms with Gasteiger partial charge in [0, 0.05) is 16.8 Å². The molecule has 1 aromatic carbocycles. The van der Waals surface area contributed by atoms with Gasteiger partial charge in [0.25, 0.3) is 0 Å². The summed E-state index contributed by atoms with van der Waals surface area (Å²) < 4.78 is 0. The van der Waals surface area contributed by atoms with Crippen LogP contribution in [0.1, 0.15) is 11.3 Å². The summed E-state index contributed by atoms with van der Waals surface area (Å²) in [5, 5.41) is 1.53. The van der Waals surface area contributed by atoms with Gasteiger partial charge in [0.05, 0.1) is 0 Å². The van der Waals surface area contributed by atoms with Crippen LogP contribution in [0.3, 0.4) is 0 Å². The molecule has 15 heavy (non-hydrogen) atoms. The smallest absolute Gasteiger partial charge is 0.417 e. The van der Waals surface area contributed by atoms with Crippen molar-refractivity contribution in [1.82, 2.24) is 4.98 Å². The van der Waals surface area contributed by atoms with Crippen LogP contribution in [0.5, 0.6) is 0 Å². The summed E-state index contributed by atoms with van der Waals surface area (Å²) in [6.07, 6.45) is 1.80. The molecule has 0 bridgehead atoms. The molecule has 0 spiro atoms. The molecule has 2 nitrogen and oxygen atoms in total. The van der Waals surface area contributed by atoms with Gasteiger partial charge in [-0.25, -0.2) is 0 Å².